The third-order valence-electron chi connectivity index (χ3n) is 2.01. The van der Waals surface area contributed by atoms with Crippen LogP contribution in [-0.4, -0.2) is 33.4 Å². The number of carboxylic acid groups (broad SMARTS) is 1. The Bertz CT molecular complexity index is 386. The van der Waals surface area contributed by atoms with Gasteiger partial charge in [0.25, 0.3) is 0 Å². The van der Waals surface area contributed by atoms with Crippen LogP contribution < -0.4 is 0 Å². The number of hydrogen-bond donors (Lipinski definition) is 1. The highest BCUT2D eigenvalue weighted by atomic mass is 16.5. The van der Waals surface area contributed by atoms with Crippen LogP contribution in [0.2, 0.25) is 0 Å². The summed E-state index contributed by atoms with van der Waals surface area (Å²) in [5, 5.41) is 12.6. The standard InChI is InChI=1S/C10H14N2O4/c1-3-16-10(15)8-4-5-12(11-8)7(2)6-9(13)14/h4-5,7H,3,6H2,1-2H3,(H,13,14)/t7-/m1/s1. The van der Waals surface area contributed by atoms with Crippen LogP contribution in [0.25, 0.3) is 0 Å². The van der Waals surface area contributed by atoms with Crippen molar-refractivity contribution in [3.63, 3.8) is 0 Å². The van der Waals surface area contributed by atoms with Crippen molar-refractivity contribution in [1.82, 2.24) is 9.78 Å². The quantitative estimate of drug-likeness (QED) is 0.760. The summed E-state index contributed by atoms with van der Waals surface area (Å²) >= 11 is 0. The lowest BCUT2D eigenvalue weighted by atomic mass is 10.2. The van der Waals surface area contributed by atoms with Crippen molar-refractivity contribution >= 4 is 11.9 Å². The topological polar surface area (TPSA) is 81.4 Å². The maximum atomic E-state index is 11.3. The van der Waals surface area contributed by atoms with Crippen molar-refractivity contribution in [2.24, 2.45) is 0 Å². The molecule has 1 heterocycles. The number of carboxylic acids is 1. The molecule has 0 unspecified atom stereocenters. The van der Waals surface area contributed by atoms with Gasteiger partial charge in [0.1, 0.15) is 0 Å². The molecule has 0 aliphatic rings. The van der Waals surface area contributed by atoms with Crippen LogP contribution in [-0.2, 0) is 9.53 Å². The maximum absolute atomic E-state index is 11.3. The molecule has 6 heteroatoms. The molecule has 0 spiro atoms. The Hall–Kier alpha value is -1.85. The number of aromatic nitrogens is 2. The van der Waals surface area contributed by atoms with Crippen LogP contribution in [0.5, 0.6) is 0 Å². The van der Waals surface area contributed by atoms with Gasteiger partial charge in [0.15, 0.2) is 5.69 Å². The van der Waals surface area contributed by atoms with E-state index in [0.29, 0.717) is 0 Å². The zero-order valence-electron chi connectivity index (χ0n) is 9.21. The Kier molecular flexibility index (Phi) is 4.04. The van der Waals surface area contributed by atoms with Crippen molar-refractivity contribution in [3.05, 3.63) is 18.0 Å². The molecule has 1 atom stereocenters. The Morgan fingerprint density at radius 1 is 1.62 bits per heavy atom. The fraction of sp³-hybridized carbons (Fsp3) is 0.500. The smallest absolute Gasteiger partial charge is 0.358 e. The molecule has 1 aromatic rings. The fourth-order valence-corrected chi connectivity index (χ4v) is 1.24. The van der Waals surface area contributed by atoms with E-state index in [0.717, 1.165) is 0 Å². The number of nitrogens with zero attached hydrogens (tertiary/aromatic N) is 2. The summed E-state index contributed by atoms with van der Waals surface area (Å²) in [4.78, 5) is 21.8. The lowest BCUT2D eigenvalue weighted by Crippen LogP contribution is -2.12. The summed E-state index contributed by atoms with van der Waals surface area (Å²) in [5.41, 5.74) is 0.194. The Morgan fingerprint density at radius 2 is 2.31 bits per heavy atom. The molecule has 1 rings (SSSR count). The average Bonchev–Trinajstić information content (AvgIpc) is 2.65. The molecule has 0 aliphatic heterocycles. The predicted octanol–water partition coefficient (Wildman–Crippen LogP) is 1.10. The van der Waals surface area contributed by atoms with Crippen molar-refractivity contribution in [2.75, 3.05) is 6.61 Å². The van der Waals surface area contributed by atoms with E-state index >= 15 is 0 Å². The van der Waals surface area contributed by atoms with Gasteiger partial charge in [0, 0.05) is 6.20 Å². The van der Waals surface area contributed by atoms with Gasteiger partial charge in [0.2, 0.25) is 0 Å². The van der Waals surface area contributed by atoms with E-state index < -0.39 is 11.9 Å². The SMILES string of the molecule is CCOC(=O)c1ccn([C@H](C)CC(=O)O)n1. The molecular weight excluding hydrogens is 212 g/mol. The number of hydrogen-bond acceptors (Lipinski definition) is 4. The summed E-state index contributed by atoms with van der Waals surface area (Å²) < 4.78 is 6.22. The van der Waals surface area contributed by atoms with Gasteiger partial charge in [-0.3, -0.25) is 9.48 Å². The summed E-state index contributed by atoms with van der Waals surface area (Å²) in [6, 6.07) is 1.22. The predicted molar refractivity (Wildman–Crippen MR) is 55.1 cm³/mol. The molecule has 1 aromatic heterocycles. The lowest BCUT2D eigenvalue weighted by Gasteiger charge is -2.08. The molecule has 0 bridgehead atoms. The van der Waals surface area contributed by atoms with E-state index in [1.807, 2.05) is 0 Å². The van der Waals surface area contributed by atoms with Gasteiger partial charge in [-0.2, -0.15) is 5.10 Å². The van der Waals surface area contributed by atoms with E-state index in [1.165, 1.54) is 10.7 Å². The van der Waals surface area contributed by atoms with Crippen molar-refractivity contribution in [3.8, 4) is 0 Å². The first-order chi connectivity index (χ1) is 7.54. The third-order valence-corrected chi connectivity index (χ3v) is 2.01. The van der Waals surface area contributed by atoms with Crippen LogP contribution in [0.15, 0.2) is 12.3 Å². The van der Waals surface area contributed by atoms with E-state index in [-0.39, 0.29) is 24.8 Å². The van der Waals surface area contributed by atoms with Gasteiger partial charge >= 0.3 is 11.9 Å². The first-order valence-electron chi connectivity index (χ1n) is 4.98. The molecule has 0 saturated heterocycles. The first-order valence-corrected chi connectivity index (χ1v) is 4.98. The Balaban J connectivity index is 2.70. The van der Waals surface area contributed by atoms with Crippen LogP contribution >= 0.6 is 0 Å². The monoisotopic (exact) mass is 226 g/mol. The van der Waals surface area contributed by atoms with E-state index in [4.69, 9.17) is 9.84 Å². The van der Waals surface area contributed by atoms with Crippen LogP contribution in [0, 0.1) is 0 Å². The molecule has 1 N–H and O–H groups in total. The largest absolute Gasteiger partial charge is 0.481 e. The fourth-order valence-electron chi connectivity index (χ4n) is 1.24. The Morgan fingerprint density at radius 3 is 2.88 bits per heavy atom. The molecule has 0 fully saturated rings. The number of aliphatic carboxylic acids is 1. The highest BCUT2D eigenvalue weighted by molar-refractivity contribution is 5.87. The summed E-state index contributed by atoms with van der Waals surface area (Å²) in [6.45, 7) is 3.72. The van der Waals surface area contributed by atoms with Gasteiger partial charge in [-0.1, -0.05) is 0 Å². The average molecular weight is 226 g/mol. The first kappa shape index (κ1) is 12.2. The molecule has 16 heavy (non-hydrogen) atoms. The number of rotatable bonds is 5. The molecule has 0 radical (unpaired) electrons. The van der Waals surface area contributed by atoms with Crippen LogP contribution in [0.1, 0.15) is 36.8 Å². The summed E-state index contributed by atoms with van der Waals surface area (Å²) in [5.74, 6) is -1.40. The maximum Gasteiger partial charge on any atom is 0.358 e. The highest BCUT2D eigenvalue weighted by Crippen LogP contribution is 2.10. The zero-order chi connectivity index (χ0) is 12.1. The zero-order valence-corrected chi connectivity index (χ0v) is 9.21. The summed E-state index contributed by atoms with van der Waals surface area (Å²) in [7, 11) is 0. The highest BCUT2D eigenvalue weighted by Gasteiger charge is 2.14. The lowest BCUT2D eigenvalue weighted by molar-refractivity contribution is -0.137. The molecule has 0 aliphatic carbocycles. The van der Waals surface area contributed by atoms with Gasteiger partial charge in [-0.05, 0) is 19.9 Å². The van der Waals surface area contributed by atoms with E-state index in [1.54, 1.807) is 20.0 Å². The van der Waals surface area contributed by atoms with E-state index in [9.17, 15) is 9.59 Å². The normalized spacial score (nSPS) is 12.1. The number of carbonyl (C=O) groups excluding carboxylic acids is 1. The molecule has 0 saturated carbocycles. The second-order valence-corrected chi connectivity index (χ2v) is 3.35. The van der Waals surface area contributed by atoms with Crippen molar-refractivity contribution < 1.29 is 19.4 Å². The van der Waals surface area contributed by atoms with E-state index in [2.05, 4.69) is 5.10 Å². The minimum absolute atomic E-state index is 0.0378. The number of ether oxygens (including phenoxy) is 1. The van der Waals surface area contributed by atoms with Crippen molar-refractivity contribution in [1.29, 1.82) is 0 Å². The third kappa shape index (κ3) is 3.08. The summed E-state index contributed by atoms with van der Waals surface area (Å²) in [6.07, 6.45) is 1.53. The second-order valence-electron chi connectivity index (χ2n) is 3.35. The molecule has 0 amide bonds. The minimum Gasteiger partial charge on any atom is -0.481 e. The van der Waals surface area contributed by atoms with Gasteiger partial charge < -0.3 is 9.84 Å². The van der Waals surface area contributed by atoms with Gasteiger partial charge in [0.05, 0.1) is 19.1 Å². The van der Waals surface area contributed by atoms with Gasteiger partial charge in [-0.25, -0.2) is 4.79 Å². The van der Waals surface area contributed by atoms with Crippen molar-refractivity contribution in [2.45, 2.75) is 26.3 Å². The van der Waals surface area contributed by atoms with Crippen LogP contribution in [0.4, 0.5) is 0 Å². The molecule has 88 valence electrons. The molecule has 0 aromatic carbocycles. The van der Waals surface area contributed by atoms with Crippen LogP contribution in [0.3, 0.4) is 0 Å². The molecular formula is C10H14N2O4. The molecule has 6 nitrogen and oxygen atoms in total. The van der Waals surface area contributed by atoms with Gasteiger partial charge in [-0.15, -0.1) is 0 Å². The number of carbonyl (C=O) groups is 2. The minimum atomic E-state index is -0.902. The number of esters is 1. The second kappa shape index (κ2) is 5.29. The Labute approximate surface area is 92.8 Å².